The van der Waals surface area contributed by atoms with Crippen LogP contribution in [0.2, 0.25) is 0 Å². The maximum Gasteiger partial charge on any atom is 0.186 e. The number of aryl methyl sites for hydroxylation is 1. The van der Waals surface area contributed by atoms with Gasteiger partial charge in [-0.1, -0.05) is 23.5 Å². The van der Waals surface area contributed by atoms with Gasteiger partial charge in [-0.25, -0.2) is 4.98 Å². The van der Waals surface area contributed by atoms with E-state index in [4.69, 9.17) is 9.40 Å². The topological polar surface area (TPSA) is 32.5 Å². The highest BCUT2D eigenvalue weighted by Crippen LogP contribution is 2.29. The molecule has 1 aromatic carbocycles. The van der Waals surface area contributed by atoms with Crippen LogP contribution in [0.1, 0.15) is 17.9 Å². The van der Waals surface area contributed by atoms with Crippen LogP contribution in [0, 0.1) is 6.92 Å². The van der Waals surface area contributed by atoms with E-state index in [9.17, 15) is 0 Å². The number of nitrogens with zero attached hydrogens (tertiary/aromatic N) is 3. The molecule has 0 spiro atoms. The van der Waals surface area contributed by atoms with Crippen LogP contribution in [-0.4, -0.2) is 36.1 Å². The lowest BCUT2D eigenvalue weighted by Gasteiger charge is -2.20. The van der Waals surface area contributed by atoms with Gasteiger partial charge in [-0.15, -0.1) is 0 Å². The fourth-order valence-corrected chi connectivity index (χ4v) is 4.12. The Morgan fingerprint density at radius 3 is 2.83 bits per heavy atom. The van der Waals surface area contributed by atoms with Gasteiger partial charge in [0.15, 0.2) is 5.13 Å². The van der Waals surface area contributed by atoms with E-state index in [1.165, 1.54) is 4.70 Å². The molecule has 3 heterocycles. The molecule has 1 fully saturated rings. The molecular weight excluding hydrogens is 306 g/mol. The molecule has 5 heteroatoms. The molecule has 2 aromatic heterocycles. The summed E-state index contributed by atoms with van der Waals surface area (Å²) in [6.45, 7) is 7.17. The second kappa shape index (κ2) is 6.34. The highest BCUT2D eigenvalue weighted by atomic mass is 32.1. The van der Waals surface area contributed by atoms with E-state index in [1.54, 1.807) is 11.3 Å². The van der Waals surface area contributed by atoms with Crippen LogP contribution in [0.25, 0.3) is 10.2 Å². The van der Waals surface area contributed by atoms with Crippen molar-refractivity contribution >= 4 is 26.7 Å². The van der Waals surface area contributed by atoms with Crippen molar-refractivity contribution in [3.63, 3.8) is 0 Å². The van der Waals surface area contributed by atoms with Gasteiger partial charge in [0.25, 0.3) is 0 Å². The first-order chi connectivity index (χ1) is 11.3. The zero-order chi connectivity index (χ0) is 15.6. The SMILES string of the molecule is Cc1ccc(CN2CCCN(c3nc4ccccc4s3)CC2)o1. The fourth-order valence-electron chi connectivity index (χ4n) is 3.11. The number of fused-ring (bicyclic) bond motifs is 1. The first-order valence-electron chi connectivity index (χ1n) is 8.16. The summed E-state index contributed by atoms with van der Waals surface area (Å²) in [5.41, 5.74) is 1.11. The van der Waals surface area contributed by atoms with Crippen LogP contribution in [0.15, 0.2) is 40.8 Å². The Morgan fingerprint density at radius 1 is 1.09 bits per heavy atom. The molecule has 0 amide bonds. The minimum Gasteiger partial charge on any atom is -0.465 e. The van der Waals surface area contributed by atoms with Crippen molar-refractivity contribution in [2.45, 2.75) is 19.9 Å². The van der Waals surface area contributed by atoms with Crippen molar-refractivity contribution in [1.82, 2.24) is 9.88 Å². The van der Waals surface area contributed by atoms with Gasteiger partial charge in [0.05, 0.1) is 16.8 Å². The van der Waals surface area contributed by atoms with E-state index in [-0.39, 0.29) is 0 Å². The molecule has 3 aromatic rings. The molecule has 4 rings (SSSR count). The number of furan rings is 1. The zero-order valence-corrected chi connectivity index (χ0v) is 14.2. The van der Waals surface area contributed by atoms with Crippen LogP contribution in [0.3, 0.4) is 0 Å². The highest BCUT2D eigenvalue weighted by molar-refractivity contribution is 7.22. The number of thiazole rings is 1. The van der Waals surface area contributed by atoms with Gasteiger partial charge in [-0.3, -0.25) is 4.90 Å². The largest absolute Gasteiger partial charge is 0.465 e. The van der Waals surface area contributed by atoms with Gasteiger partial charge in [0.1, 0.15) is 11.5 Å². The van der Waals surface area contributed by atoms with Gasteiger partial charge in [-0.2, -0.15) is 0 Å². The number of aromatic nitrogens is 1. The molecular formula is C18H21N3OS. The summed E-state index contributed by atoms with van der Waals surface area (Å²) < 4.78 is 6.99. The van der Waals surface area contributed by atoms with Gasteiger partial charge in [-0.05, 0) is 37.6 Å². The third kappa shape index (κ3) is 3.26. The Labute approximate surface area is 140 Å². The van der Waals surface area contributed by atoms with Crippen molar-refractivity contribution in [3.8, 4) is 0 Å². The predicted molar refractivity (Wildman–Crippen MR) is 95.2 cm³/mol. The van der Waals surface area contributed by atoms with Crippen molar-refractivity contribution in [1.29, 1.82) is 0 Å². The molecule has 1 aliphatic heterocycles. The van der Waals surface area contributed by atoms with Crippen LogP contribution in [0.4, 0.5) is 5.13 Å². The number of hydrogen-bond acceptors (Lipinski definition) is 5. The molecule has 0 atom stereocenters. The average Bonchev–Trinajstić information content (AvgIpc) is 3.08. The Balaban J connectivity index is 1.44. The van der Waals surface area contributed by atoms with E-state index < -0.39 is 0 Å². The zero-order valence-electron chi connectivity index (χ0n) is 13.4. The first-order valence-corrected chi connectivity index (χ1v) is 8.98. The molecule has 0 aliphatic carbocycles. The van der Waals surface area contributed by atoms with Crippen molar-refractivity contribution in [2.24, 2.45) is 0 Å². The van der Waals surface area contributed by atoms with Crippen molar-refractivity contribution in [3.05, 3.63) is 47.9 Å². The molecule has 0 saturated carbocycles. The van der Waals surface area contributed by atoms with Crippen LogP contribution >= 0.6 is 11.3 Å². The predicted octanol–water partition coefficient (Wildman–Crippen LogP) is 3.91. The third-order valence-electron chi connectivity index (χ3n) is 4.32. The number of benzene rings is 1. The molecule has 120 valence electrons. The first kappa shape index (κ1) is 14.7. The quantitative estimate of drug-likeness (QED) is 0.730. The molecule has 4 nitrogen and oxygen atoms in total. The summed E-state index contributed by atoms with van der Waals surface area (Å²) in [6.07, 6.45) is 1.16. The number of hydrogen-bond donors (Lipinski definition) is 0. The van der Waals surface area contributed by atoms with E-state index in [1.807, 2.05) is 13.0 Å². The lowest BCUT2D eigenvalue weighted by Crippen LogP contribution is -2.30. The van der Waals surface area contributed by atoms with Crippen LogP contribution in [-0.2, 0) is 6.54 Å². The molecule has 1 aliphatic rings. The summed E-state index contributed by atoms with van der Waals surface area (Å²) in [6, 6.07) is 12.5. The number of rotatable bonds is 3. The smallest absolute Gasteiger partial charge is 0.186 e. The second-order valence-corrected chi connectivity index (χ2v) is 7.10. The maximum atomic E-state index is 5.71. The maximum absolute atomic E-state index is 5.71. The van der Waals surface area contributed by atoms with E-state index in [2.05, 4.69) is 40.1 Å². The Hall–Kier alpha value is -1.85. The lowest BCUT2D eigenvalue weighted by atomic mass is 10.3. The summed E-state index contributed by atoms with van der Waals surface area (Å²) in [7, 11) is 0. The Bertz CT molecular complexity index is 761. The van der Waals surface area contributed by atoms with Gasteiger partial charge >= 0.3 is 0 Å². The number of para-hydroxylation sites is 1. The summed E-state index contributed by atoms with van der Waals surface area (Å²) in [4.78, 5) is 9.70. The minimum atomic E-state index is 0.904. The molecule has 0 unspecified atom stereocenters. The average molecular weight is 327 g/mol. The second-order valence-electron chi connectivity index (χ2n) is 6.09. The van der Waals surface area contributed by atoms with Gasteiger partial charge < -0.3 is 9.32 Å². The van der Waals surface area contributed by atoms with Gasteiger partial charge in [0.2, 0.25) is 0 Å². The van der Waals surface area contributed by atoms with Crippen LogP contribution in [0.5, 0.6) is 0 Å². The highest BCUT2D eigenvalue weighted by Gasteiger charge is 2.18. The number of anilines is 1. The Morgan fingerprint density at radius 2 is 2.00 bits per heavy atom. The fraction of sp³-hybridized carbons (Fsp3) is 0.389. The van der Waals surface area contributed by atoms with Crippen molar-refractivity contribution in [2.75, 3.05) is 31.1 Å². The summed E-state index contributed by atoms with van der Waals surface area (Å²) in [5, 5.41) is 1.15. The normalized spacial score (nSPS) is 16.8. The third-order valence-corrected chi connectivity index (χ3v) is 5.41. The molecule has 1 saturated heterocycles. The van der Waals surface area contributed by atoms with E-state index in [0.29, 0.717) is 0 Å². The molecule has 0 radical (unpaired) electrons. The van der Waals surface area contributed by atoms with E-state index >= 15 is 0 Å². The molecule has 0 N–H and O–H groups in total. The monoisotopic (exact) mass is 327 g/mol. The lowest BCUT2D eigenvalue weighted by molar-refractivity contribution is 0.258. The minimum absolute atomic E-state index is 0.904. The van der Waals surface area contributed by atoms with Gasteiger partial charge in [0, 0.05) is 26.2 Å². The standard InChI is InChI=1S/C18H21N3OS/c1-14-7-8-15(22-14)13-20-9-4-10-21(12-11-20)18-19-16-5-2-3-6-17(16)23-18/h2-3,5-8H,4,9-13H2,1H3. The molecule has 23 heavy (non-hydrogen) atoms. The summed E-state index contributed by atoms with van der Waals surface area (Å²) >= 11 is 1.80. The Kier molecular flexibility index (Phi) is 4.06. The summed E-state index contributed by atoms with van der Waals surface area (Å²) in [5.74, 6) is 2.06. The van der Waals surface area contributed by atoms with E-state index in [0.717, 1.165) is 61.3 Å². The molecule has 0 bridgehead atoms. The van der Waals surface area contributed by atoms with Crippen LogP contribution < -0.4 is 4.90 Å². The van der Waals surface area contributed by atoms with Crippen molar-refractivity contribution < 1.29 is 4.42 Å².